The number of aromatic nitrogens is 5. The molecule has 2 aromatic heterocycles. The Morgan fingerprint density at radius 1 is 1.14 bits per heavy atom. The minimum Gasteiger partial charge on any atom is -0.424 e. The van der Waals surface area contributed by atoms with Gasteiger partial charge in [0.15, 0.2) is 0 Å². The van der Waals surface area contributed by atoms with Crippen molar-refractivity contribution in [3.05, 3.63) is 53.3 Å². The number of benzene rings is 1. The molecule has 0 aliphatic heterocycles. The Labute approximate surface area is 126 Å². The van der Waals surface area contributed by atoms with Gasteiger partial charge in [0.25, 0.3) is 0 Å². The predicted octanol–water partition coefficient (Wildman–Crippen LogP) is 3.12. The SMILES string of the molecule is Cc1cccc(Oc2nc(Cl)nc(-n3ccnc3)n2)c1C. The fourth-order valence-electron chi connectivity index (χ4n) is 1.79. The Morgan fingerprint density at radius 2 is 2.00 bits per heavy atom. The molecule has 3 aromatic rings. The van der Waals surface area contributed by atoms with Crippen molar-refractivity contribution < 1.29 is 4.74 Å². The highest BCUT2D eigenvalue weighted by Gasteiger charge is 2.10. The van der Waals surface area contributed by atoms with E-state index in [1.54, 1.807) is 23.3 Å². The minimum absolute atomic E-state index is 0.0639. The second-order valence-corrected chi connectivity index (χ2v) is 4.80. The maximum absolute atomic E-state index is 5.93. The van der Waals surface area contributed by atoms with Gasteiger partial charge in [-0.25, -0.2) is 4.98 Å². The molecule has 2 heterocycles. The molecule has 0 spiro atoms. The maximum atomic E-state index is 5.93. The van der Waals surface area contributed by atoms with Crippen molar-refractivity contribution in [2.45, 2.75) is 13.8 Å². The quantitative estimate of drug-likeness (QED) is 0.743. The standard InChI is InChI=1S/C14H12ClN5O/c1-9-4-3-5-11(10(9)2)21-14-18-12(15)17-13(19-14)20-7-6-16-8-20/h3-8H,1-2H3. The van der Waals surface area contributed by atoms with Crippen LogP contribution in [0.15, 0.2) is 36.9 Å². The molecule has 0 atom stereocenters. The summed E-state index contributed by atoms with van der Waals surface area (Å²) in [4.78, 5) is 16.2. The van der Waals surface area contributed by atoms with E-state index in [0.29, 0.717) is 11.7 Å². The molecule has 21 heavy (non-hydrogen) atoms. The molecule has 0 amide bonds. The van der Waals surface area contributed by atoms with Crippen molar-refractivity contribution in [2.75, 3.05) is 0 Å². The average molecular weight is 302 g/mol. The summed E-state index contributed by atoms with van der Waals surface area (Å²) in [7, 11) is 0. The third-order valence-corrected chi connectivity index (χ3v) is 3.24. The Bertz CT molecular complexity index is 773. The van der Waals surface area contributed by atoms with E-state index in [1.807, 2.05) is 32.0 Å². The van der Waals surface area contributed by atoms with Gasteiger partial charge in [-0.05, 0) is 42.6 Å². The molecular formula is C14H12ClN5O. The van der Waals surface area contributed by atoms with Crippen LogP contribution in [-0.2, 0) is 0 Å². The molecule has 0 unspecified atom stereocenters. The van der Waals surface area contributed by atoms with Crippen LogP contribution < -0.4 is 4.74 Å². The van der Waals surface area contributed by atoms with Crippen molar-refractivity contribution in [3.8, 4) is 17.7 Å². The van der Waals surface area contributed by atoms with Crippen molar-refractivity contribution in [1.82, 2.24) is 24.5 Å². The van der Waals surface area contributed by atoms with Crippen LogP contribution in [0.3, 0.4) is 0 Å². The van der Waals surface area contributed by atoms with E-state index in [4.69, 9.17) is 16.3 Å². The summed E-state index contributed by atoms with van der Waals surface area (Å²) < 4.78 is 7.36. The smallest absolute Gasteiger partial charge is 0.328 e. The molecule has 0 aliphatic rings. The van der Waals surface area contributed by atoms with E-state index in [-0.39, 0.29) is 11.3 Å². The molecule has 106 valence electrons. The van der Waals surface area contributed by atoms with Crippen LogP contribution in [0.25, 0.3) is 5.95 Å². The van der Waals surface area contributed by atoms with Crippen LogP contribution in [0.5, 0.6) is 11.8 Å². The minimum atomic E-state index is 0.0639. The van der Waals surface area contributed by atoms with Gasteiger partial charge in [-0.15, -0.1) is 0 Å². The van der Waals surface area contributed by atoms with E-state index in [0.717, 1.165) is 11.1 Å². The fourth-order valence-corrected chi connectivity index (χ4v) is 1.94. The summed E-state index contributed by atoms with van der Waals surface area (Å²) in [6.07, 6.45) is 4.92. The number of aryl methyl sites for hydroxylation is 1. The van der Waals surface area contributed by atoms with Gasteiger partial charge in [-0.3, -0.25) is 4.57 Å². The van der Waals surface area contributed by atoms with Gasteiger partial charge in [-0.1, -0.05) is 12.1 Å². The second-order valence-electron chi connectivity index (χ2n) is 4.46. The first-order valence-corrected chi connectivity index (χ1v) is 6.65. The lowest BCUT2D eigenvalue weighted by molar-refractivity contribution is 0.434. The van der Waals surface area contributed by atoms with Crippen LogP contribution in [0.1, 0.15) is 11.1 Å². The van der Waals surface area contributed by atoms with Gasteiger partial charge in [0.2, 0.25) is 11.2 Å². The van der Waals surface area contributed by atoms with Crippen molar-refractivity contribution in [3.63, 3.8) is 0 Å². The monoisotopic (exact) mass is 301 g/mol. The number of rotatable bonds is 3. The van der Waals surface area contributed by atoms with Gasteiger partial charge in [0, 0.05) is 12.4 Å². The van der Waals surface area contributed by atoms with E-state index in [9.17, 15) is 0 Å². The molecule has 7 heteroatoms. The van der Waals surface area contributed by atoms with Crippen LogP contribution >= 0.6 is 11.6 Å². The second kappa shape index (κ2) is 5.49. The number of ether oxygens (including phenoxy) is 1. The number of nitrogens with zero attached hydrogens (tertiary/aromatic N) is 5. The first kappa shape index (κ1) is 13.5. The lowest BCUT2D eigenvalue weighted by Crippen LogP contribution is -2.03. The summed E-state index contributed by atoms with van der Waals surface area (Å²) in [5.74, 6) is 1.04. The Kier molecular flexibility index (Phi) is 3.53. The van der Waals surface area contributed by atoms with Crippen LogP contribution in [-0.4, -0.2) is 24.5 Å². The summed E-state index contributed by atoms with van der Waals surface area (Å²) in [5, 5.41) is 0.0639. The summed E-state index contributed by atoms with van der Waals surface area (Å²) in [6.45, 7) is 3.99. The lowest BCUT2D eigenvalue weighted by Gasteiger charge is -2.09. The topological polar surface area (TPSA) is 65.7 Å². The van der Waals surface area contributed by atoms with Crippen LogP contribution in [0, 0.1) is 13.8 Å². The molecule has 0 bridgehead atoms. The van der Waals surface area contributed by atoms with E-state index >= 15 is 0 Å². The molecule has 0 aliphatic carbocycles. The van der Waals surface area contributed by atoms with E-state index < -0.39 is 0 Å². The van der Waals surface area contributed by atoms with Crippen LogP contribution in [0.2, 0.25) is 5.28 Å². The third-order valence-electron chi connectivity index (χ3n) is 3.07. The van der Waals surface area contributed by atoms with Crippen molar-refractivity contribution in [2.24, 2.45) is 0 Å². The lowest BCUT2D eigenvalue weighted by atomic mass is 10.1. The number of halogens is 1. The van der Waals surface area contributed by atoms with E-state index in [2.05, 4.69) is 19.9 Å². The molecule has 0 N–H and O–H groups in total. The number of hydrogen-bond donors (Lipinski definition) is 0. The van der Waals surface area contributed by atoms with Gasteiger partial charge >= 0.3 is 6.01 Å². The zero-order valence-electron chi connectivity index (χ0n) is 11.5. The molecule has 0 radical (unpaired) electrons. The zero-order valence-corrected chi connectivity index (χ0v) is 12.2. The van der Waals surface area contributed by atoms with Gasteiger partial charge in [-0.2, -0.15) is 15.0 Å². The number of hydrogen-bond acceptors (Lipinski definition) is 5. The molecule has 6 nitrogen and oxygen atoms in total. The highest BCUT2D eigenvalue weighted by atomic mass is 35.5. The average Bonchev–Trinajstić information content (AvgIpc) is 2.97. The van der Waals surface area contributed by atoms with Crippen molar-refractivity contribution in [1.29, 1.82) is 0 Å². The van der Waals surface area contributed by atoms with E-state index in [1.165, 1.54) is 0 Å². The van der Waals surface area contributed by atoms with Gasteiger partial charge in [0.05, 0.1) is 0 Å². The Balaban J connectivity index is 1.98. The molecule has 0 saturated carbocycles. The summed E-state index contributed by atoms with van der Waals surface area (Å²) in [6, 6.07) is 5.93. The fraction of sp³-hybridized carbons (Fsp3) is 0.143. The molecule has 1 aromatic carbocycles. The summed E-state index contributed by atoms with van der Waals surface area (Å²) >= 11 is 5.93. The Morgan fingerprint density at radius 3 is 2.76 bits per heavy atom. The Hall–Kier alpha value is -2.47. The predicted molar refractivity (Wildman–Crippen MR) is 77.9 cm³/mol. The van der Waals surface area contributed by atoms with Crippen molar-refractivity contribution >= 4 is 11.6 Å². The number of imidazole rings is 1. The molecule has 0 fully saturated rings. The molecule has 0 saturated heterocycles. The van der Waals surface area contributed by atoms with Crippen LogP contribution in [0.4, 0.5) is 0 Å². The highest BCUT2D eigenvalue weighted by molar-refractivity contribution is 6.28. The largest absolute Gasteiger partial charge is 0.424 e. The maximum Gasteiger partial charge on any atom is 0.328 e. The highest BCUT2D eigenvalue weighted by Crippen LogP contribution is 2.25. The molecule has 3 rings (SSSR count). The van der Waals surface area contributed by atoms with Gasteiger partial charge in [0.1, 0.15) is 12.1 Å². The first-order valence-electron chi connectivity index (χ1n) is 6.27. The van der Waals surface area contributed by atoms with Gasteiger partial charge < -0.3 is 4.74 Å². The third kappa shape index (κ3) is 2.85. The normalized spacial score (nSPS) is 10.6. The molecular weight excluding hydrogens is 290 g/mol. The first-order chi connectivity index (χ1) is 10.1. The summed E-state index contributed by atoms with van der Waals surface area (Å²) in [5.41, 5.74) is 2.15. The zero-order chi connectivity index (χ0) is 14.8.